The molecular formula is C29H32O2S. The predicted molar refractivity (Wildman–Crippen MR) is 133 cm³/mol. The SMILES string of the molecule is CC1C=C2CCC(OCOc3ccc([SH](c4ccccc4)c4ccccc4)cc3)C(C2)C1. The Hall–Kier alpha value is -2.49. The highest BCUT2D eigenvalue weighted by Crippen LogP contribution is 2.51. The van der Waals surface area contributed by atoms with Crippen molar-refractivity contribution in [3.05, 3.63) is 96.6 Å². The summed E-state index contributed by atoms with van der Waals surface area (Å²) in [6.45, 7) is 2.66. The molecule has 3 atom stereocenters. The highest BCUT2D eigenvalue weighted by molar-refractivity contribution is 8.17. The van der Waals surface area contributed by atoms with E-state index in [0.29, 0.717) is 24.7 Å². The van der Waals surface area contributed by atoms with Crippen LogP contribution in [0.5, 0.6) is 5.75 Å². The number of fused-ring (bicyclic) bond motifs is 2. The van der Waals surface area contributed by atoms with Gasteiger partial charge in [0.15, 0.2) is 6.79 Å². The van der Waals surface area contributed by atoms with Gasteiger partial charge in [-0.05, 0) is 101 Å². The number of benzene rings is 3. The van der Waals surface area contributed by atoms with Crippen LogP contribution >= 0.6 is 10.9 Å². The number of hydrogen-bond donors (Lipinski definition) is 1. The van der Waals surface area contributed by atoms with E-state index in [1.54, 1.807) is 5.57 Å². The topological polar surface area (TPSA) is 18.5 Å². The van der Waals surface area contributed by atoms with Crippen molar-refractivity contribution in [2.24, 2.45) is 11.8 Å². The van der Waals surface area contributed by atoms with Crippen molar-refractivity contribution in [2.45, 2.75) is 53.4 Å². The number of thiol groups is 1. The Morgan fingerprint density at radius 3 is 2.09 bits per heavy atom. The van der Waals surface area contributed by atoms with Crippen molar-refractivity contribution in [3.8, 4) is 5.75 Å². The Bertz CT molecular complexity index is 990. The van der Waals surface area contributed by atoms with Crippen molar-refractivity contribution in [1.82, 2.24) is 0 Å². The summed E-state index contributed by atoms with van der Waals surface area (Å²) >= 11 is 0. The molecule has 5 rings (SSSR count). The molecule has 0 spiro atoms. The number of rotatable bonds is 7. The Kier molecular flexibility index (Phi) is 6.66. The second-order valence-corrected chi connectivity index (χ2v) is 11.2. The Morgan fingerprint density at radius 1 is 0.812 bits per heavy atom. The third kappa shape index (κ3) is 4.95. The first-order chi connectivity index (χ1) is 15.8. The van der Waals surface area contributed by atoms with E-state index in [4.69, 9.17) is 9.47 Å². The molecule has 3 aromatic rings. The van der Waals surface area contributed by atoms with Gasteiger partial charge in [-0.3, -0.25) is 0 Å². The molecule has 0 aliphatic heterocycles. The van der Waals surface area contributed by atoms with Gasteiger partial charge in [-0.15, -0.1) is 0 Å². The lowest BCUT2D eigenvalue weighted by atomic mass is 9.73. The molecule has 1 saturated carbocycles. The molecule has 2 aliphatic rings. The van der Waals surface area contributed by atoms with Crippen molar-refractivity contribution < 1.29 is 9.47 Å². The van der Waals surface area contributed by atoms with E-state index in [0.717, 1.165) is 12.2 Å². The van der Waals surface area contributed by atoms with Gasteiger partial charge in [-0.25, -0.2) is 0 Å². The first-order valence-electron chi connectivity index (χ1n) is 11.7. The summed E-state index contributed by atoms with van der Waals surface area (Å²) in [5.41, 5.74) is 1.64. The van der Waals surface area contributed by atoms with E-state index in [9.17, 15) is 0 Å². The molecular weight excluding hydrogens is 412 g/mol. The average Bonchev–Trinajstić information content (AvgIpc) is 2.83. The number of allylic oxidation sites excluding steroid dienone is 2. The summed E-state index contributed by atoms with van der Waals surface area (Å²) < 4.78 is 12.2. The van der Waals surface area contributed by atoms with Crippen LogP contribution in [-0.4, -0.2) is 12.9 Å². The monoisotopic (exact) mass is 444 g/mol. The zero-order valence-electron chi connectivity index (χ0n) is 18.7. The van der Waals surface area contributed by atoms with Gasteiger partial charge in [0, 0.05) is 0 Å². The van der Waals surface area contributed by atoms with Gasteiger partial charge >= 0.3 is 0 Å². The van der Waals surface area contributed by atoms with Crippen molar-refractivity contribution in [2.75, 3.05) is 6.79 Å². The third-order valence-electron chi connectivity index (χ3n) is 6.63. The summed E-state index contributed by atoms with van der Waals surface area (Å²) in [7, 11) is -0.584. The van der Waals surface area contributed by atoms with Crippen LogP contribution < -0.4 is 4.74 Å². The van der Waals surface area contributed by atoms with E-state index >= 15 is 0 Å². The van der Waals surface area contributed by atoms with Crippen LogP contribution in [0, 0.1) is 11.8 Å². The lowest BCUT2D eigenvalue weighted by Crippen LogP contribution is -2.33. The Morgan fingerprint density at radius 2 is 1.44 bits per heavy atom. The smallest absolute Gasteiger partial charge is 0.189 e. The normalized spacial score (nSPS) is 22.7. The lowest BCUT2D eigenvalue weighted by molar-refractivity contribution is -0.0741. The molecule has 0 N–H and O–H groups in total. The average molecular weight is 445 g/mol. The molecule has 2 aliphatic carbocycles. The molecule has 166 valence electrons. The fourth-order valence-corrected chi connectivity index (χ4v) is 7.45. The minimum atomic E-state index is -0.584. The maximum absolute atomic E-state index is 6.19. The van der Waals surface area contributed by atoms with E-state index < -0.39 is 10.9 Å². The van der Waals surface area contributed by atoms with Gasteiger partial charge in [-0.2, -0.15) is 10.9 Å². The fraction of sp³-hybridized carbons (Fsp3) is 0.310. The van der Waals surface area contributed by atoms with Gasteiger partial charge in [0.2, 0.25) is 0 Å². The fourth-order valence-electron chi connectivity index (χ4n) is 5.17. The van der Waals surface area contributed by atoms with Gasteiger partial charge in [0.05, 0.1) is 6.10 Å². The molecule has 0 heterocycles. The van der Waals surface area contributed by atoms with Crippen LogP contribution in [0.15, 0.2) is 111 Å². The zero-order valence-corrected chi connectivity index (χ0v) is 19.6. The summed E-state index contributed by atoms with van der Waals surface area (Å²) in [4.78, 5) is 4.05. The molecule has 3 heteroatoms. The second-order valence-electron chi connectivity index (χ2n) is 9.01. The quantitative estimate of drug-likeness (QED) is 0.229. The largest absolute Gasteiger partial charge is 0.468 e. The third-order valence-corrected chi connectivity index (χ3v) is 9.07. The van der Waals surface area contributed by atoms with Crippen molar-refractivity contribution in [3.63, 3.8) is 0 Å². The van der Waals surface area contributed by atoms with Crippen LogP contribution in [0.2, 0.25) is 0 Å². The van der Waals surface area contributed by atoms with E-state index in [1.807, 2.05) is 0 Å². The molecule has 1 fully saturated rings. The molecule has 32 heavy (non-hydrogen) atoms. The predicted octanol–water partition coefficient (Wildman–Crippen LogP) is 7.65. The molecule has 3 unspecified atom stereocenters. The van der Waals surface area contributed by atoms with E-state index in [-0.39, 0.29) is 0 Å². The Labute approximate surface area is 194 Å². The summed E-state index contributed by atoms with van der Waals surface area (Å²) in [6, 6.07) is 30.2. The Balaban J connectivity index is 1.24. The van der Waals surface area contributed by atoms with Crippen LogP contribution in [0.1, 0.15) is 32.6 Å². The zero-order chi connectivity index (χ0) is 21.8. The van der Waals surface area contributed by atoms with E-state index in [2.05, 4.69) is 97.9 Å². The summed E-state index contributed by atoms with van der Waals surface area (Å²) in [5.74, 6) is 2.22. The highest BCUT2D eigenvalue weighted by atomic mass is 32.2. The first kappa shape index (κ1) is 21.4. The second kappa shape index (κ2) is 9.97. The van der Waals surface area contributed by atoms with Gasteiger partial charge in [0.1, 0.15) is 5.75 Å². The van der Waals surface area contributed by atoms with E-state index in [1.165, 1.54) is 33.9 Å². The lowest BCUT2D eigenvalue weighted by Gasteiger charge is -2.37. The molecule has 0 saturated heterocycles. The number of hydrogen-bond acceptors (Lipinski definition) is 2. The standard InChI is InChI=1S/C29H32O2S/c1-22-18-23-12-17-29(24(19-22)20-23)31-21-30-25-13-15-28(16-14-25)32(26-8-4-2-5-9-26)27-10-6-3-7-11-27/h2-11,13-16,18,22,24,29,32H,12,17,19-21H2,1H3. The van der Waals surface area contributed by atoms with Gasteiger partial charge in [-0.1, -0.05) is 55.0 Å². The minimum absolute atomic E-state index is 0.332. The highest BCUT2D eigenvalue weighted by Gasteiger charge is 2.32. The first-order valence-corrected chi connectivity index (χ1v) is 13.0. The minimum Gasteiger partial charge on any atom is -0.468 e. The van der Waals surface area contributed by atoms with Crippen molar-refractivity contribution in [1.29, 1.82) is 0 Å². The molecule has 0 radical (unpaired) electrons. The molecule has 2 bridgehead atoms. The molecule has 0 amide bonds. The van der Waals surface area contributed by atoms with Crippen LogP contribution in [-0.2, 0) is 4.74 Å². The van der Waals surface area contributed by atoms with Crippen LogP contribution in [0.3, 0.4) is 0 Å². The summed E-state index contributed by atoms with van der Waals surface area (Å²) in [5, 5.41) is 0. The van der Waals surface area contributed by atoms with Crippen LogP contribution in [0.4, 0.5) is 0 Å². The van der Waals surface area contributed by atoms with Crippen LogP contribution in [0.25, 0.3) is 0 Å². The number of ether oxygens (including phenoxy) is 2. The maximum atomic E-state index is 6.19. The van der Waals surface area contributed by atoms with Crippen molar-refractivity contribution >= 4 is 10.9 Å². The molecule has 3 aromatic carbocycles. The van der Waals surface area contributed by atoms with Gasteiger partial charge in [0.25, 0.3) is 0 Å². The van der Waals surface area contributed by atoms with Gasteiger partial charge < -0.3 is 9.47 Å². The maximum Gasteiger partial charge on any atom is 0.189 e. The molecule has 2 nitrogen and oxygen atoms in total. The molecule has 0 aromatic heterocycles. The summed E-state index contributed by atoms with van der Waals surface area (Å²) in [6.07, 6.45) is 7.58.